The summed E-state index contributed by atoms with van der Waals surface area (Å²) in [5.74, 6) is -0.590. The lowest BCUT2D eigenvalue weighted by atomic mass is 10.1. The van der Waals surface area contributed by atoms with Crippen molar-refractivity contribution in [1.82, 2.24) is 0 Å². The van der Waals surface area contributed by atoms with Gasteiger partial charge in [0, 0.05) is 4.47 Å². The van der Waals surface area contributed by atoms with E-state index in [9.17, 15) is 4.79 Å². The van der Waals surface area contributed by atoms with Crippen LogP contribution in [0.3, 0.4) is 0 Å². The van der Waals surface area contributed by atoms with E-state index in [1.807, 2.05) is 18.2 Å². The average molecular weight is 280 g/mol. The van der Waals surface area contributed by atoms with Gasteiger partial charge in [0.2, 0.25) is 0 Å². The molecule has 0 N–H and O–H groups in total. The maximum Gasteiger partial charge on any atom is 0.348 e. The lowest BCUT2D eigenvalue weighted by Crippen LogP contribution is -2.05. The molecule has 3 nitrogen and oxygen atoms in total. The SMILES string of the molecule is CCOC(=O)/C(C#N)=C\c1ccc(Br)cc1. The molecule has 1 rings (SSSR count). The topological polar surface area (TPSA) is 50.1 Å². The molecule has 0 atom stereocenters. The van der Waals surface area contributed by atoms with Gasteiger partial charge in [-0.25, -0.2) is 4.79 Å². The zero-order chi connectivity index (χ0) is 12.0. The second-order valence-electron chi connectivity index (χ2n) is 2.94. The van der Waals surface area contributed by atoms with Crippen LogP contribution >= 0.6 is 15.9 Å². The predicted molar refractivity (Wildman–Crippen MR) is 64.4 cm³/mol. The number of esters is 1. The fraction of sp³-hybridized carbons (Fsp3) is 0.167. The average Bonchev–Trinajstić information content (AvgIpc) is 2.28. The van der Waals surface area contributed by atoms with E-state index >= 15 is 0 Å². The Morgan fingerprint density at radius 3 is 2.62 bits per heavy atom. The van der Waals surface area contributed by atoms with Crippen LogP contribution in [0.25, 0.3) is 6.08 Å². The highest BCUT2D eigenvalue weighted by molar-refractivity contribution is 9.10. The normalized spacial score (nSPS) is 10.7. The van der Waals surface area contributed by atoms with Gasteiger partial charge in [0.15, 0.2) is 0 Å². The molecule has 0 saturated carbocycles. The Bertz CT molecular complexity index is 443. The minimum absolute atomic E-state index is 0.00386. The standard InChI is InChI=1S/C12H10BrNO2/c1-2-16-12(15)10(8-14)7-9-3-5-11(13)6-4-9/h3-7H,2H2,1H3/b10-7-. The molecule has 0 radical (unpaired) electrons. The zero-order valence-corrected chi connectivity index (χ0v) is 10.3. The summed E-state index contributed by atoms with van der Waals surface area (Å²) in [6.07, 6.45) is 1.50. The minimum Gasteiger partial charge on any atom is -0.462 e. The highest BCUT2D eigenvalue weighted by atomic mass is 79.9. The third kappa shape index (κ3) is 3.52. The number of rotatable bonds is 3. The molecule has 0 spiro atoms. The Kier molecular flexibility index (Phi) is 4.74. The summed E-state index contributed by atoms with van der Waals surface area (Å²) < 4.78 is 5.70. The molecule has 16 heavy (non-hydrogen) atoms. The molecule has 0 saturated heterocycles. The number of hydrogen-bond donors (Lipinski definition) is 0. The van der Waals surface area contributed by atoms with Crippen molar-refractivity contribution in [3.8, 4) is 6.07 Å². The van der Waals surface area contributed by atoms with E-state index in [4.69, 9.17) is 10.00 Å². The number of carbonyl (C=O) groups is 1. The summed E-state index contributed by atoms with van der Waals surface area (Å²) in [5, 5.41) is 8.81. The van der Waals surface area contributed by atoms with Crippen LogP contribution in [0.2, 0.25) is 0 Å². The fourth-order valence-electron chi connectivity index (χ4n) is 1.07. The zero-order valence-electron chi connectivity index (χ0n) is 8.74. The third-order valence-corrected chi connectivity index (χ3v) is 2.33. The van der Waals surface area contributed by atoms with Crippen LogP contribution in [0.4, 0.5) is 0 Å². The third-order valence-electron chi connectivity index (χ3n) is 1.80. The van der Waals surface area contributed by atoms with Gasteiger partial charge >= 0.3 is 5.97 Å². The quantitative estimate of drug-likeness (QED) is 0.486. The van der Waals surface area contributed by atoms with E-state index in [1.165, 1.54) is 6.08 Å². The summed E-state index contributed by atoms with van der Waals surface area (Å²) in [7, 11) is 0. The highest BCUT2D eigenvalue weighted by Gasteiger charge is 2.09. The first-order valence-electron chi connectivity index (χ1n) is 4.72. The van der Waals surface area contributed by atoms with Crippen molar-refractivity contribution in [2.75, 3.05) is 6.61 Å². The van der Waals surface area contributed by atoms with E-state index in [-0.39, 0.29) is 12.2 Å². The maximum atomic E-state index is 11.3. The number of nitrogens with zero attached hydrogens (tertiary/aromatic N) is 1. The Hall–Kier alpha value is -1.60. The van der Waals surface area contributed by atoms with Gasteiger partial charge in [0.05, 0.1) is 6.61 Å². The Labute approximate surface area is 102 Å². The molecule has 0 aromatic heterocycles. The van der Waals surface area contributed by atoms with Crippen LogP contribution in [0.5, 0.6) is 0 Å². The molecule has 0 amide bonds. The van der Waals surface area contributed by atoms with Gasteiger partial charge in [-0.05, 0) is 30.7 Å². The molecule has 0 aliphatic rings. The molecule has 82 valence electrons. The number of halogens is 1. The number of ether oxygens (including phenoxy) is 1. The summed E-state index contributed by atoms with van der Waals surface area (Å²) in [5.41, 5.74) is 0.789. The molecule has 0 bridgehead atoms. The molecule has 0 aliphatic carbocycles. The number of nitriles is 1. The summed E-state index contributed by atoms with van der Waals surface area (Å²) >= 11 is 3.31. The van der Waals surface area contributed by atoms with Crippen molar-refractivity contribution >= 4 is 28.0 Å². The molecular formula is C12H10BrNO2. The van der Waals surface area contributed by atoms with Gasteiger partial charge in [0.1, 0.15) is 11.6 Å². The van der Waals surface area contributed by atoms with Crippen LogP contribution in [-0.4, -0.2) is 12.6 Å². The van der Waals surface area contributed by atoms with E-state index in [0.717, 1.165) is 10.0 Å². The predicted octanol–water partition coefficient (Wildman–Crippen LogP) is 2.92. The lowest BCUT2D eigenvalue weighted by molar-refractivity contribution is -0.137. The number of hydrogen-bond acceptors (Lipinski definition) is 3. The highest BCUT2D eigenvalue weighted by Crippen LogP contribution is 2.13. The molecule has 0 aliphatic heterocycles. The van der Waals surface area contributed by atoms with Gasteiger partial charge in [-0.15, -0.1) is 0 Å². The van der Waals surface area contributed by atoms with Gasteiger partial charge < -0.3 is 4.74 Å². The van der Waals surface area contributed by atoms with Gasteiger partial charge in [-0.2, -0.15) is 5.26 Å². The summed E-state index contributed by atoms with van der Waals surface area (Å²) in [6.45, 7) is 1.96. The molecule has 1 aromatic carbocycles. The second-order valence-corrected chi connectivity index (χ2v) is 3.86. The number of benzene rings is 1. The van der Waals surface area contributed by atoms with Crippen molar-refractivity contribution in [3.05, 3.63) is 39.9 Å². The molecule has 0 fully saturated rings. The molecule has 0 unspecified atom stereocenters. The Morgan fingerprint density at radius 2 is 2.12 bits per heavy atom. The van der Waals surface area contributed by atoms with Crippen LogP contribution in [-0.2, 0) is 9.53 Å². The van der Waals surface area contributed by atoms with Crippen molar-refractivity contribution < 1.29 is 9.53 Å². The summed E-state index contributed by atoms with van der Waals surface area (Å²) in [6, 6.07) is 9.12. The van der Waals surface area contributed by atoms with E-state index in [0.29, 0.717) is 0 Å². The minimum atomic E-state index is -0.590. The Balaban J connectivity index is 2.92. The van der Waals surface area contributed by atoms with E-state index in [2.05, 4.69) is 15.9 Å². The van der Waals surface area contributed by atoms with Crippen molar-refractivity contribution in [2.24, 2.45) is 0 Å². The largest absolute Gasteiger partial charge is 0.462 e. The second kappa shape index (κ2) is 6.09. The first-order valence-corrected chi connectivity index (χ1v) is 5.51. The van der Waals surface area contributed by atoms with Crippen molar-refractivity contribution in [1.29, 1.82) is 5.26 Å². The monoisotopic (exact) mass is 279 g/mol. The summed E-state index contributed by atoms with van der Waals surface area (Å²) in [4.78, 5) is 11.3. The van der Waals surface area contributed by atoms with Gasteiger partial charge in [0.25, 0.3) is 0 Å². The lowest BCUT2D eigenvalue weighted by Gasteiger charge is -1.99. The smallest absolute Gasteiger partial charge is 0.348 e. The van der Waals surface area contributed by atoms with Crippen LogP contribution in [0, 0.1) is 11.3 Å². The maximum absolute atomic E-state index is 11.3. The number of carbonyl (C=O) groups excluding carboxylic acids is 1. The fourth-order valence-corrected chi connectivity index (χ4v) is 1.34. The van der Waals surface area contributed by atoms with Crippen LogP contribution in [0.1, 0.15) is 12.5 Å². The van der Waals surface area contributed by atoms with E-state index < -0.39 is 5.97 Å². The van der Waals surface area contributed by atoms with Crippen molar-refractivity contribution in [3.63, 3.8) is 0 Å². The first kappa shape index (κ1) is 12.5. The molecular weight excluding hydrogens is 270 g/mol. The Morgan fingerprint density at radius 1 is 1.50 bits per heavy atom. The molecule has 4 heteroatoms. The van der Waals surface area contributed by atoms with E-state index in [1.54, 1.807) is 19.1 Å². The van der Waals surface area contributed by atoms with Crippen molar-refractivity contribution in [2.45, 2.75) is 6.92 Å². The first-order chi connectivity index (χ1) is 7.67. The van der Waals surface area contributed by atoms with Crippen LogP contribution < -0.4 is 0 Å². The van der Waals surface area contributed by atoms with Gasteiger partial charge in [-0.1, -0.05) is 28.1 Å². The van der Waals surface area contributed by atoms with Crippen LogP contribution in [0.15, 0.2) is 34.3 Å². The molecule has 1 aromatic rings. The molecule has 0 heterocycles. The van der Waals surface area contributed by atoms with Gasteiger partial charge in [-0.3, -0.25) is 0 Å².